The van der Waals surface area contributed by atoms with Crippen molar-refractivity contribution in [3.8, 4) is 0 Å². The molecule has 0 bridgehead atoms. The van der Waals surface area contributed by atoms with Crippen molar-refractivity contribution in [2.75, 3.05) is 19.6 Å². The Morgan fingerprint density at radius 1 is 1.00 bits per heavy atom. The second-order valence-corrected chi connectivity index (χ2v) is 9.14. The SMILES string of the molecule is CC(C)N(CC1CCN(C(=O)OC(C)(C)C)CC1)C(=O)OC(C)(C)C. The molecule has 0 spiro atoms. The van der Waals surface area contributed by atoms with Gasteiger partial charge in [-0.25, -0.2) is 9.59 Å². The topological polar surface area (TPSA) is 59.1 Å². The molecule has 1 aliphatic rings. The van der Waals surface area contributed by atoms with Gasteiger partial charge in [0.15, 0.2) is 0 Å². The summed E-state index contributed by atoms with van der Waals surface area (Å²) in [5.41, 5.74) is -0.969. The number of hydrogen-bond donors (Lipinski definition) is 0. The molecule has 0 unspecified atom stereocenters. The van der Waals surface area contributed by atoms with Crippen LogP contribution in [0.15, 0.2) is 0 Å². The maximum Gasteiger partial charge on any atom is 0.410 e. The Morgan fingerprint density at radius 3 is 1.88 bits per heavy atom. The monoisotopic (exact) mass is 356 g/mol. The normalized spacial score (nSPS) is 16.8. The molecule has 0 aromatic heterocycles. The molecule has 1 rings (SSSR count). The molecular weight excluding hydrogens is 320 g/mol. The van der Waals surface area contributed by atoms with Crippen LogP contribution in [0.25, 0.3) is 0 Å². The van der Waals surface area contributed by atoms with Crippen molar-refractivity contribution >= 4 is 12.2 Å². The number of carbonyl (C=O) groups is 2. The van der Waals surface area contributed by atoms with E-state index in [1.807, 2.05) is 55.4 Å². The Morgan fingerprint density at radius 2 is 1.48 bits per heavy atom. The molecule has 1 aliphatic heterocycles. The molecule has 1 fully saturated rings. The highest BCUT2D eigenvalue weighted by Crippen LogP contribution is 2.22. The second-order valence-electron chi connectivity index (χ2n) is 9.14. The van der Waals surface area contributed by atoms with E-state index in [0.29, 0.717) is 25.6 Å². The summed E-state index contributed by atoms with van der Waals surface area (Å²) < 4.78 is 10.9. The average molecular weight is 357 g/mol. The number of rotatable bonds is 3. The molecule has 6 nitrogen and oxygen atoms in total. The maximum atomic E-state index is 12.4. The highest BCUT2D eigenvalue weighted by Gasteiger charge is 2.30. The number of hydrogen-bond acceptors (Lipinski definition) is 4. The molecule has 146 valence electrons. The second kappa shape index (κ2) is 8.28. The smallest absolute Gasteiger partial charge is 0.410 e. The summed E-state index contributed by atoms with van der Waals surface area (Å²) in [6.45, 7) is 17.2. The largest absolute Gasteiger partial charge is 0.444 e. The average Bonchev–Trinajstić information content (AvgIpc) is 2.41. The standard InChI is InChI=1S/C19H36N2O4/c1-14(2)21(17(23)25-19(6,7)8)13-15-9-11-20(12-10-15)16(22)24-18(3,4)5/h14-15H,9-13H2,1-8H3. The van der Waals surface area contributed by atoms with E-state index in [1.165, 1.54) is 0 Å². The Bertz CT molecular complexity index is 455. The first-order chi connectivity index (χ1) is 11.3. The van der Waals surface area contributed by atoms with Gasteiger partial charge in [-0.05, 0) is 74.1 Å². The van der Waals surface area contributed by atoms with Gasteiger partial charge in [0.1, 0.15) is 11.2 Å². The Labute approximate surface area is 152 Å². The van der Waals surface area contributed by atoms with E-state index in [-0.39, 0.29) is 18.2 Å². The predicted octanol–water partition coefficient (Wildman–Crippen LogP) is 4.28. The first-order valence-corrected chi connectivity index (χ1v) is 9.26. The number of piperidine rings is 1. The van der Waals surface area contributed by atoms with Crippen LogP contribution in [0.4, 0.5) is 9.59 Å². The fraction of sp³-hybridized carbons (Fsp3) is 0.895. The van der Waals surface area contributed by atoms with Crippen molar-refractivity contribution in [2.45, 2.75) is 85.5 Å². The zero-order chi connectivity index (χ0) is 19.4. The summed E-state index contributed by atoms with van der Waals surface area (Å²) in [4.78, 5) is 28.1. The van der Waals surface area contributed by atoms with Crippen LogP contribution >= 0.6 is 0 Å². The summed E-state index contributed by atoms with van der Waals surface area (Å²) in [6, 6.07) is 0.0822. The van der Waals surface area contributed by atoms with Gasteiger partial charge < -0.3 is 19.3 Å². The van der Waals surface area contributed by atoms with E-state index in [4.69, 9.17) is 9.47 Å². The fourth-order valence-electron chi connectivity index (χ4n) is 2.72. The zero-order valence-corrected chi connectivity index (χ0v) is 17.2. The van der Waals surface area contributed by atoms with Crippen LogP contribution in [0, 0.1) is 5.92 Å². The first kappa shape index (κ1) is 21.6. The molecule has 25 heavy (non-hydrogen) atoms. The third-order valence-corrected chi connectivity index (χ3v) is 3.97. The van der Waals surface area contributed by atoms with Gasteiger partial charge in [0.2, 0.25) is 0 Å². The Hall–Kier alpha value is -1.46. The van der Waals surface area contributed by atoms with E-state index < -0.39 is 11.2 Å². The van der Waals surface area contributed by atoms with Gasteiger partial charge in [-0.2, -0.15) is 0 Å². The molecule has 1 saturated heterocycles. The van der Waals surface area contributed by atoms with Crippen LogP contribution < -0.4 is 0 Å². The zero-order valence-electron chi connectivity index (χ0n) is 17.2. The third kappa shape index (κ3) is 7.97. The van der Waals surface area contributed by atoms with E-state index in [0.717, 1.165) is 12.8 Å². The molecule has 0 radical (unpaired) electrons. The minimum atomic E-state index is -0.496. The summed E-state index contributed by atoms with van der Waals surface area (Å²) in [5, 5.41) is 0. The van der Waals surface area contributed by atoms with Gasteiger partial charge in [0, 0.05) is 25.7 Å². The van der Waals surface area contributed by atoms with Gasteiger partial charge in [-0.3, -0.25) is 0 Å². The minimum absolute atomic E-state index is 0.0822. The molecule has 0 atom stereocenters. The number of likely N-dealkylation sites (tertiary alicyclic amines) is 1. The van der Waals surface area contributed by atoms with Gasteiger partial charge in [-0.15, -0.1) is 0 Å². The predicted molar refractivity (Wildman–Crippen MR) is 98.6 cm³/mol. The summed E-state index contributed by atoms with van der Waals surface area (Å²) >= 11 is 0. The van der Waals surface area contributed by atoms with Gasteiger partial charge in [0.25, 0.3) is 0 Å². The molecule has 0 aromatic rings. The lowest BCUT2D eigenvalue weighted by atomic mass is 9.96. The van der Waals surface area contributed by atoms with Crippen molar-refractivity contribution < 1.29 is 19.1 Å². The molecule has 0 N–H and O–H groups in total. The van der Waals surface area contributed by atoms with Gasteiger partial charge in [-0.1, -0.05) is 0 Å². The number of ether oxygens (including phenoxy) is 2. The van der Waals surface area contributed by atoms with Crippen LogP contribution in [-0.4, -0.2) is 58.9 Å². The van der Waals surface area contributed by atoms with E-state index in [1.54, 1.807) is 9.80 Å². The number of carbonyl (C=O) groups excluding carboxylic acids is 2. The van der Waals surface area contributed by atoms with E-state index in [2.05, 4.69) is 0 Å². The highest BCUT2D eigenvalue weighted by molar-refractivity contribution is 5.69. The van der Waals surface area contributed by atoms with Gasteiger partial charge >= 0.3 is 12.2 Å². The Kier molecular flexibility index (Phi) is 7.15. The molecule has 0 aliphatic carbocycles. The molecular formula is C19H36N2O4. The number of amides is 2. The fourth-order valence-corrected chi connectivity index (χ4v) is 2.72. The van der Waals surface area contributed by atoms with Crippen molar-refractivity contribution in [1.82, 2.24) is 9.80 Å². The Balaban J connectivity index is 2.55. The number of nitrogens with zero attached hydrogens (tertiary/aromatic N) is 2. The first-order valence-electron chi connectivity index (χ1n) is 9.26. The van der Waals surface area contributed by atoms with E-state index >= 15 is 0 Å². The molecule has 0 saturated carbocycles. The van der Waals surface area contributed by atoms with Crippen LogP contribution in [0.5, 0.6) is 0 Å². The van der Waals surface area contributed by atoms with Crippen LogP contribution in [0.1, 0.15) is 68.2 Å². The lowest BCUT2D eigenvalue weighted by Gasteiger charge is -2.37. The molecule has 2 amide bonds. The van der Waals surface area contributed by atoms with Crippen LogP contribution in [0.2, 0.25) is 0 Å². The lowest BCUT2D eigenvalue weighted by molar-refractivity contribution is 0.00572. The third-order valence-electron chi connectivity index (χ3n) is 3.97. The van der Waals surface area contributed by atoms with Crippen LogP contribution in [0.3, 0.4) is 0 Å². The quantitative estimate of drug-likeness (QED) is 0.757. The lowest BCUT2D eigenvalue weighted by Crippen LogP contribution is -2.47. The molecule has 1 heterocycles. The maximum absolute atomic E-state index is 12.4. The molecule has 0 aromatic carbocycles. The van der Waals surface area contributed by atoms with E-state index in [9.17, 15) is 9.59 Å². The minimum Gasteiger partial charge on any atom is -0.444 e. The van der Waals surface area contributed by atoms with Crippen molar-refractivity contribution in [2.24, 2.45) is 5.92 Å². The van der Waals surface area contributed by atoms with Crippen molar-refractivity contribution in [3.63, 3.8) is 0 Å². The summed E-state index contributed by atoms with van der Waals surface area (Å²) in [5.74, 6) is 0.369. The van der Waals surface area contributed by atoms with Crippen molar-refractivity contribution in [3.05, 3.63) is 0 Å². The molecule has 6 heteroatoms. The summed E-state index contributed by atoms with van der Waals surface area (Å²) in [6.07, 6.45) is 1.21. The summed E-state index contributed by atoms with van der Waals surface area (Å²) in [7, 11) is 0. The van der Waals surface area contributed by atoms with Crippen LogP contribution in [-0.2, 0) is 9.47 Å². The van der Waals surface area contributed by atoms with Crippen molar-refractivity contribution in [1.29, 1.82) is 0 Å². The highest BCUT2D eigenvalue weighted by atomic mass is 16.6. The van der Waals surface area contributed by atoms with Gasteiger partial charge in [0.05, 0.1) is 0 Å².